The second-order valence-corrected chi connectivity index (χ2v) is 7.28. The molecule has 3 rings (SSSR count). The molecule has 0 aliphatic heterocycles. The zero-order chi connectivity index (χ0) is 19.9. The molecule has 27 heavy (non-hydrogen) atoms. The lowest BCUT2D eigenvalue weighted by Crippen LogP contribution is -2.43. The molecule has 0 saturated heterocycles. The number of halogens is 3. The van der Waals surface area contributed by atoms with Crippen molar-refractivity contribution in [3.63, 3.8) is 0 Å². The van der Waals surface area contributed by atoms with Gasteiger partial charge in [0, 0.05) is 10.6 Å². The van der Waals surface area contributed by atoms with Gasteiger partial charge in [-0.25, -0.2) is 9.50 Å². The summed E-state index contributed by atoms with van der Waals surface area (Å²) in [7, 11) is 0. The molecule has 3 aromatic heterocycles. The van der Waals surface area contributed by atoms with Gasteiger partial charge in [0.15, 0.2) is 5.65 Å². The second kappa shape index (κ2) is 6.66. The monoisotopic (exact) mass is 393 g/mol. The number of hydrogen-bond acceptors (Lipinski definition) is 5. The van der Waals surface area contributed by atoms with Gasteiger partial charge in [-0.15, -0.1) is 11.3 Å². The van der Waals surface area contributed by atoms with Gasteiger partial charge >= 0.3 is 6.18 Å². The minimum absolute atomic E-state index is 0.0668. The van der Waals surface area contributed by atoms with Crippen LogP contribution in [0.25, 0.3) is 16.2 Å². The maximum absolute atomic E-state index is 12.7. The van der Waals surface area contributed by atoms with Crippen LogP contribution in [-0.2, 0) is 0 Å². The fourth-order valence-electron chi connectivity index (χ4n) is 2.53. The molecule has 0 spiro atoms. The number of aryl methyl sites for hydroxylation is 2. The smallest absolute Gasteiger partial charge is 0.340 e. The molecule has 3 heterocycles. The van der Waals surface area contributed by atoms with E-state index in [0.29, 0.717) is 21.8 Å². The predicted molar refractivity (Wildman–Crippen MR) is 93.5 cm³/mol. The first kappa shape index (κ1) is 18.8. The van der Waals surface area contributed by atoms with Crippen LogP contribution in [0.4, 0.5) is 13.2 Å². The van der Waals surface area contributed by atoms with Gasteiger partial charge < -0.3 is 5.32 Å². The number of carbonyl (C=O) groups excluding carboxylic acids is 1. The molecule has 0 aliphatic rings. The second-order valence-electron chi connectivity index (χ2n) is 6.02. The number of amides is 1. The van der Waals surface area contributed by atoms with E-state index in [-0.39, 0.29) is 11.2 Å². The Hall–Kier alpha value is -2.93. The number of fused-ring (bicyclic) bond motifs is 1. The van der Waals surface area contributed by atoms with Crippen LogP contribution >= 0.6 is 11.3 Å². The average molecular weight is 393 g/mol. The Morgan fingerprint density at radius 1 is 1.37 bits per heavy atom. The number of thiophene rings is 1. The molecule has 1 amide bonds. The summed E-state index contributed by atoms with van der Waals surface area (Å²) < 4.78 is 39.5. The van der Waals surface area contributed by atoms with Crippen molar-refractivity contribution in [2.45, 2.75) is 33.0 Å². The Balaban J connectivity index is 2.08. The third kappa shape index (κ3) is 3.50. The topological polar surface area (TPSA) is 83.1 Å². The maximum Gasteiger partial charge on any atom is 0.408 e. The van der Waals surface area contributed by atoms with Crippen LogP contribution in [0.1, 0.15) is 33.4 Å². The zero-order valence-corrected chi connectivity index (χ0v) is 15.4. The van der Waals surface area contributed by atoms with Crippen molar-refractivity contribution in [3.8, 4) is 16.6 Å². The first-order valence-corrected chi connectivity index (χ1v) is 8.67. The third-order valence-electron chi connectivity index (χ3n) is 3.94. The van der Waals surface area contributed by atoms with Crippen molar-refractivity contribution in [2.75, 3.05) is 0 Å². The van der Waals surface area contributed by atoms with E-state index in [2.05, 4.69) is 16.2 Å². The lowest BCUT2D eigenvalue weighted by Gasteiger charge is -2.16. The number of aromatic nitrogens is 3. The molecular formula is C17H14F3N5OS. The summed E-state index contributed by atoms with van der Waals surface area (Å²) >= 11 is 1.38. The molecule has 140 valence electrons. The number of alkyl halides is 3. The first-order valence-electron chi connectivity index (χ1n) is 7.85. The van der Waals surface area contributed by atoms with Gasteiger partial charge in [0.25, 0.3) is 5.91 Å². The van der Waals surface area contributed by atoms with Crippen LogP contribution in [0.5, 0.6) is 0 Å². The molecule has 0 radical (unpaired) electrons. The molecule has 3 aromatic rings. The zero-order valence-electron chi connectivity index (χ0n) is 14.5. The number of nitrogens with one attached hydrogen (secondary N) is 1. The van der Waals surface area contributed by atoms with Crippen molar-refractivity contribution in [1.29, 1.82) is 5.26 Å². The Morgan fingerprint density at radius 3 is 2.70 bits per heavy atom. The van der Waals surface area contributed by atoms with E-state index in [1.54, 1.807) is 19.1 Å². The number of rotatable bonds is 3. The van der Waals surface area contributed by atoms with Crippen molar-refractivity contribution in [1.82, 2.24) is 19.9 Å². The van der Waals surface area contributed by atoms with Gasteiger partial charge in [0.05, 0.1) is 22.3 Å². The lowest BCUT2D eigenvalue weighted by atomic mass is 10.2. The van der Waals surface area contributed by atoms with E-state index in [1.165, 1.54) is 22.0 Å². The standard InChI is InChI=1S/C17H14F3N5OS/c1-8-4-13(14-11(6-21)5-9(2)27-14)24-15-12(7-22-25(8)15)16(26)23-10(3)17(18,19)20/h4-5,7,10H,1-3H3,(H,23,26)/t10-/m0/s1. The largest absolute Gasteiger partial charge is 0.408 e. The summed E-state index contributed by atoms with van der Waals surface area (Å²) in [4.78, 5) is 18.3. The molecule has 0 unspecified atom stereocenters. The normalized spacial score (nSPS) is 12.8. The van der Waals surface area contributed by atoms with E-state index < -0.39 is 18.1 Å². The van der Waals surface area contributed by atoms with Crippen molar-refractivity contribution >= 4 is 22.9 Å². The van der Waals surface area contributed by atoms with Crippen LogP contribution in [0.3, 0.4) is 0 Å². The maximum atomic E-state index is 12.7. The van der Waals surface area contributed by atoms with Crippen LogP contribution in [0.2, 0.25) is 0 Å². The first-order chi connectivity index (χ1) is 12.6. The summed E-state index contributed by atoms with van der Waals surface area (Å²) in [5.41, 5.74) is 1.61. The number of nitrogens with zero attached hydrogens (tertiary/aromatic N) is 4. The molecule has 0 saturated carbocycles. The summed E-state index contributed by atoms with van der Waals surface area (Å²) in [6.07, 6.45) is -3.37. The summed E-state index contributed by atoms with van der Waals surface area (Å²) in [6, 6.07) is 3.54. The molecular weight excluding hydrogens is 379 g/mol. The molecule has 0 aliphatic carbocycles. The molecule has 0 fully saturated rings. The molecule has 0 bridgehead atoms. The highest BCUT2D eigenvalue weighted by atomic mass is 32.1. The minimum atomic E-state index is -4.55. The fraction of sp³-hybridized carbons (Fsp3) is 0.294. The molecule has 0 aromatic carbocycles. The highest BCUT2D eigenvalue weighted by Gasteiger charge is 2.37. The number of carbonyl (C=O) groups is 1. The Bertz CT molecular complexity index is 1080. The van der Waals surface area contributed by atoms with Crippen LogP contribution in [0, 0.1) is 25.2 Å². The average Bonchev–Trinajstić information content (AvgIpc) is 3.17. The Kier molecular flexibility index (Phi) is 4.65. The lowest BCUT2D eigenvalue weighted by molar-refractivity contribution is -0.149. The Labute approximate surface area is 156 Å². The highest BCUT2D eigenvalue weighted by Crippen LogP contribution is 2.32. The fourth-order valence-corrected chi connectivity index (χ4v) is 3.46. The summed E-state index contributed by atoms with van der Waals surface area (Å²) in [5.74, 6) is -0.915. The van der Waals surface area contributed by atoms with E-state index in [1.807, 2.05) is 12.2 Å². The molecule has 6 nitrogen and oxygen atoms in total. The number of hydrogen-bond donors (Lipinski definition) is 1. The van der Waals surface area contributed by atoms with Crippen LogP contribution < -0.4 is 5.32 Å². The van der Waals surface area contributed by atoms with Crippen molar-refractivity contribution in [2.24, 2.45) is 0 Å². The third-order valence-corrected chi connectivity index (χ3v) is 5.01. The van der Waals surface area contributed by atoms with Gasteiger partial charge in [-0.2, -0.15) is 23.5 Å². The van der Waals surface area contributed by atoms with Crippen molar-refractivity contribution < 1.29 is 18.0 Å². The van der Waals surface area contributed by atoms with Gasteiger partial charge in [-0.3, -0.25) is 4.79 Å². The molecule has 1 N–H and O–H groups in total. The van der Waals surface area contributed by atoms with Gasteiger partial charge in [-0.05, 0) is 32.9 Å². The van der Waals surface area contributed by atoms with Crippen LogP contribution in [-0.4, -0.2) is 32.7 Å². The predicted octanol–water partition coefficient (Wildman–Crippen LogP) is 3.63. The van der Waals surface area contributed by atoms with Crippen molar-refractivity contribution in [3.05, 3.63) is 40.0 Å². The van der Waals surface area contributed by atoms with Gasteiger partial charge in [-0.1, -0.05) is 0 Å². The minimum Gasteiger partial charge on any atom is -0.340 e. The van der Waals surface area contributed by atoms with Crippen LogP contribution in [0.15, 0.2) is 18.3 Å². The van der Waals surface area contributed by atoms with E-state index in [9.17, 15) is 23.2 Å². The van der Waals surface area contributed by atoms with E-state index >= 15 is 0 Å². The van der Waals surface area contributed by atoms with E-state index in [4.69, 9.17) is 0 Å². The summed E-state index contributed by atoms with van der Waals surface area (Å²) in [5, 5.41) is 15.2. The van der Waals surface area contributed by atoms with E-state index in [0.717, 1.165) is 11.8 Å². The van der Waals surface area contributed by atoms with Gasteiger partial charge in [0.2, 0.25) is 0 Å². The summed E-state index contributed by atoms with van der Waals surface area (Å²) in [6.45, 7) is 4.45. The number of nitriles is 1. The SMILES string of the molecule is Cc1cc(C#N)c(-c2cc(C)n3ncc(C(=O)N[C@@H](C)C(F)(F)F)c3n2)s1. The quantitative estimate of drug-likeness (QED) is 0.737. The van der Waals surface area contributed by atoms with Gasteiger partial charge in [0.1, 0.15) is 17.7 Å². The molecule has 10 heteroatoms. The molecule has 1 atom stereocenters. The Morgan fingerprint density at radius 2 is 2.07 bits per heavy atom. The highest BCUT2D eigenvalue weighted by molar-refractivity contribution is 7.15.